The van der Waals surface area contributed by atoms with Gasteiger partial charge in [-0.05, 0) is 26.0 Å². The summed E-state index contributed by atoms with van der Waals surface area (Å²) in [5.74, 6) is -0.324. The second-order valence-electron chi connectivity index (χ2n) is 4.15. The molecule has 0 unspecified atom stereocenters. The molecule has 18 heavy (non-hydrogen) atoms. The lowest BCUT2D eigenvalue weighted by Crippen LogP contribution is -2.41. The summed E-state index contributed by atoms with van der Waals surface area (Å²) in [6.07, 6.45) is 0. The van der Waals surface area contributed by atoms with Gasteiger partial charge in [0, 0.05) is 18.7 Å². The molecule has 0 aromatic heterocycles. The highest BCUT2D eigenvalue weighted by Gasteiger charge is 2.16. The van der Waals surface area contributed by atoms with Crippen LogP contribution in [0.4, 0.5) is 4.39 Å². The Labute approximate surface area is 106 Å². The van der Waals surface area contributed by atoms with Crippen LogP contribution < -0.4 is 4.74 Å². The van der Waals surface area contributed by atoms with Crippen LogP contribution in [0.3, 0.4) is 0 Å². The summed E-state index contributed by atoms with van der Waals surface area (Å²) in [5.41, 5.74) is 0. The van der Waals surface area contributed by atoms with Crippen molar-refractivity contribution in [1.29, 1.82) is 0 Å². The van der Waals surface area contributed by atoms with Gasteiger partial charge in [0.2, 0.25) is 0 Å². The van der Waals surface area contributed by atoms with Gasteiger partial charge in [0.05, 0.1) is 6.61 Å². The number of benzene rings is 1. The molecule has 0 aliphatic heterocycles. The first-order valence-corrected chi connectivity index (χ1v) is 5.83. The normalized spacial score (nSPS) is 10.5. The van der Waals surface area contributed by atoms with Gasteiger partial charge in [-0.1, -0.05) is 6.07 Å². The van der Waals surface area contributed by atoms with Gasteiger partial charge in [-0.2, -0.15) is 0 Å². The van der Waals surface area contributed by atoms with Gasteiger partial charge in [0.1, 0.15) is 11.6 Å². The Morgan fingerprint density at radius 2 is 2.22 bits per heavy atom. The van der Waals surface area contributed by atoms with Gasteiger partial charge < -0.3 is 14.7 Å². The summed E-state index contributed by atoms with van der Waals surface area (Å²) in [4.78, 5) is 13.3. The molecule has 0 saturated carbocycles. The standard InChI is InChI=1S/C13H18FNO3/c1-10(2)15(6-7-16)13(17)9-18-12-5-3-4-11(14)8-12/h3-5,8,10,16H,6-7,9H2,1-2H3. The molecule has 0 heterocycles. The van der Waals surface area contributed by atoms with E-state index in [2.05, 4.69) is 0 Å². The molecule has 0 radical (unpaired) electrons. The molecule has 1 amide bonds. The van der Waals surface area contributed by atoms with E-state index in [1.807, 2.05) is 13.8 Å². The fraction of sp³-hybridized carbons (Fsp3) is 0.462. The van der Waals surface area contributed by atoms with E-state index in [0.717, 1.165) is 0 Å². The highest BCUT2D eigenvalue weighted by molar-refractivity contribution is 5.78. The van der Waals surface area contributed by atoms with Gasteiger partial charge in [0.15, 0.2) is 6.61 Å². The fourth-order valence-electron chi connectivity index (χ4n) is 1.56. The second kappa shape index (κ2) is 6.96. The Bertz CT molecular complexity index is 396. The molecule has 0 fully saturated rings. The predicted molar refractivity (Wildman–Crippen MR) is 65.8 cm³/mol. The minimum Gasteiger partial charge on any atom is -0.484 e. The van der Waals surface area contributed by atoms with Crippen LogP contribution in [0.25, 0.3) is 0 Å². The third kappa shape index (κ3) is 4.33. The first kappa shape index (κ1) is 14.4. The average molecular weight is 255 g/mol. The number of rotatable bonds is 6. The largest absolute Gasteiger partial charge is 0.484 e. The van der Waals surface area contributed by atoms with Crippen LogP contribution in [-0.2, 0) is 4.79 Å². The smallest absolute Gasteiger partial charge is 0.260 e. The molecule has 0 spiro atoms. The number of hydrogen-bond acceptors (Lipinski definition) is 3. The van der Waals surface area contributed by atoms with E-state index in [9.17, 15) is 9.18 Å². The Morgan fingerprint density at radius 3 is 2.78 bits per heavy atom. The summed E-state index contributed by atoms with van der Waals surface area (Å²) < 4.78 is 18.1. The number of aliphatic hydroxyl groups is 1. The summed E-state index contributed by atoms with van der Waals surface area (Å²) >= 11 is 0. The molecule has 1 aromatic rings. The van der Waals surface area contributed by atoms with Crippen LogP contribution in [0.15, 0.2) is 24.3 Å². The van der Waals surface area contributed by atoms with Crippen molar-refractivity contribution in [1.82, 2.24) is 4.90 Å². The number of carbonyl (C=O) groups excluding carboxylic acids is 1. The summed E-state index contributed by atoms with van der Waals surface area (Å²) in [6, 6.07) is 5.62. The molecule has 1 aromatic carbocycles. The molecule has 0 aliphatic rings. The van der Waals surface area contributed by atoms with Crippen molar-refractivity contribution in [3.8, 4) is 5.75 Å². The zero-order chi connectivity index (χ0) is 13.5. The van der Waals surface area contributed by atoms with Gasteiger partial charge in [0.25, 0.3) is 5.91 Å². The number of nitrogens with zero attached hydrogens (tertiary/aromatic N) is 1. The Hall–Kier alpha value is -1.62. The SMILES string of the molecule is CC(C)N(CCO)C(=O)COc1cccc(F)c1. The van der Waals surface area contributed by atoms with Crippen molar-refractivity contribution in [2.75, 3.05) is 19.8 Å². The lowest BCUT2D eigenvalue weighted by Gasteiger charge is -2.25. The maximum Gasteiger partial charge on any atom is 0.260 e. The Kier molecular flexibility index (Phi) is 5.58. The zero-order valence-corrected chi connectivity index (χ0v) is 10.6. The van der Waals surface area contributed by atoms with E-state index in [-0.39, 0.29) is 31.7 Å². The number of hydrogen-bond donors (Lipinski definition) is 1. The monoisotopic (exact) mass is 255 g/mol. The van der Waals surface area contributed by atoms with Crippen LogP contribution in [0, 0.1) is 5.82 Å². The highest BCUT2D eigenvalue weighted by Crippen LogP contribution is 2.12. The minimum atomic E-state index is -0.406. The average Bonchev–Trinajstić information content (AvgIpc) is 2.32. The fourth-order valence-corrected chi connectivity index (χ4v) is 1.56. The molecule has 0 bridgehead atoms. The maximum absolute atomic E-state index is 12.9. The molecule has 4 nitrogen and oxygen atoms in total. The number of aliphatic hydroxyl groups excluding tert-OH is 1. The number of ether oxygens (including phenoxy) is 1. The van der Waals surface area contributed by atoms with Crippen LogP contribution in [-0.4, -0.2) is 41.7 Å². The first-order valence-electron chi connectivity index (χ1n) is 5.83. The third-order valence-electron chi connectivity index (χ3n) is 2.44. The van der Waals surface area contributed by atoms with E-state index < -0.39 is 5.82 Å². The van der Waals surface area contributed by atoms with Crippen molar-refractivity contribution >= 4 is 5.91 Å². The quantitative estimate of drug-likeness (QED) is 0.836. The topological polar surface area (TPSA) is 49.8 Å². The number of halogens is 1. The summed E-state index contributed by atoms with van der Waals surface area (Å²) in [6.45, 7) is 3.72. The van der Waals surface area contributed by atoms with E-state index >= 15 is 0 Å². The number of amides is 1. The van der Waals surface area contributed by atoms with Crippen molar-refractivity contribution in [3.63, 3.8) is 0 Å². The highest BCUT2D eigenvalue weighted by atomic mass is 19.1. The zero-order valence-electron chi connectivity index (χ0n) is 10.6. The summed E-state index contributed by atoms with van der Waals surface area (Å²) in [7, 11) is 0. The molecule has 5 heteroatoms. The predicted octanol–water partition coefficient (Wildman–Crippen LogP) is 1.43. The van der Waals surface area contributed by atoms with Gasteiger partial charge in [-0.3, -0.25) is 4.79 Å². The van der Waals surface area contributed by atoms with Gasteiger partial charge >= 0.3 is 0 Å². The lowest BCUT2D eigenvalue weighted by atomic mass is 10.3. The molecule has 1 N–H and O–H groups in total. The molecule has 0 aliphatic carbocycles. The summed E-state index contributed by atoms with van der Waals surface area (Å²) in [5, 5.41) is 8.87. The molecule has 0 atom stereocenters. The lowest BCUT2D eigenvalue weighted by molar-refractivity contribution is -0.135. The van der Waals surface area contributed by atoms with Crippen molar-refractivity contribution < 1.29 is 19.0 Å². The van der Waals surface area contributed by atoms with Crippen molar-refractivity contribution in [2.24, 2.45) is 0 Å². The van der Waals surface area contributed by atoms with E-state index in [1.165, 1.54) is 23.1 Å². The minimum absolute atomic E-state index is 0.0132. The van der Waals surface area contributed by atoms with Gasteiger partial charge in [-0.15, -0.1) is 0 Å². The van der Waals surface area contributed by atoms with Crippen LogP contribution in [0.1, 0.15) is 13.8 Å². The second-order valence-corrected chi connectivity index (χ2v) is 4.15. The van der Waals surface area contributed by atoms with E-state index in [0.29, 0.717) is 5.75 Å². The number of carbonyl (C=O) groups is 1. The van der Waals surface area contributed by atoms with Gasteiger partial charge in [-0.25, -0.2) is 4.39 Å². The Balaban J connectivity index is 2.54. The van der Waals surface area contributed by atoms with E-state index in [1.54, 1.807) is 6.07 Å². The van der Waals surface area contributed by atoms with Crippen LogP contribution in [0.5, 0.6) is 5.75 Å². The van der Waals surface area contributed by atoms with E-state index in [4.69, 9.17) is 9.84 Å². The third-order valence-corrected chi connectivity index (χ3v) is 2.44. The maximum atomic E-state index is 12.9. The van der Waals surface area contributed by atoms with Crippen LogP contribution >= 0.6 is 0 Å². The molecule has 0 saturated heterocycles. The molecule has 100 valence electrons. The molecular weight excluding hydrogens is 237 g/mol. The van der Waals surface area contributed by atoms with Crippen LogP contribution in [0.2, 0.25) is 0 Å². The van der Waals surface area contributed by atoms with Crippen molar-refractivity contribution in [2.45, 2.75) is 19.9 Å². The first-order chi connectivity index (χ1) is 8.54. The molecule has 1 rings (SSSR count). The Morgan fingerprint density at radius 1 is 1.50 bits per heavy atom. The molecular formula is C13H18FNO3. The van der Waals surface area contributed by atoms with Crippen molar-refractivity contribution in [3.05, 3.63) is 30.1 Å².